The van der Waals surface area contributed by atoms with Crippen LogP contribution in [0.1, 0.15) is 22.1 Å². The Morgan fingerprint density at radius 3 is 2.46 bits per heavy atom. The molecule has 2 heterocycles. The minimum Gasteiger partial charge on any atom is -0.360 e. The van der Waals surface area contributed by atoms with E-state index in [1.807, 2.05) is 83.8 Å². The van der Waals surface area contributed by atoms with Gasteiger partial charge in [0.2, 0.25) is 0 Å². The third-order valence-electron chi connectivity index (χ3n) is 4.99. The highest BCUT2D eigenvalue weighted by atomic mass is 79.9. The summed E-state index contributed by atoms with van der Waals surface area (Å²) in [6.07, 6.45) is 1.45. The Bertz CT molecular complexity index is 1180. The quantitative estimate of drug-likeness (QED) is 0.439. The average Bonchev–Trinajstić information content (AvgIpc) is 2.74. The number of nitrogens with zero attached hydrogens (tertiary/aromatic N) is 2. The normalized spacial score (nSPS) is 16.0. The molecule has 0 fully saturated rings. The van der Waals surface area contributed by atoms with Crippen LogP contribution in [0.25, 0.3) is 10.9 Å². The van der Waals surface area contributed by atoms with E-state index in [0.717, 1.165) is 32.3 Å². The maximum absolute atomic E-state index is 13.6. The Balaban J connectivity index is 1.73. The number of hydrogen-bond donors (Lipinski definition) is 1. The van der Waals surface area contributed by atoms with Crippen molar-refractivity contribution in [3.8, 4) is 0 Å². The summed E-state index contributed by atoms with van der Waals surface area (Å²) < 4.78 is 1.000. The van der Waals surface area contributed by atoms with Gasteiger partial charge in [0.25, 0.3) is 5.91 Å². The fraction of sp³-hybridized carbons (Fsp3) is 0.0435. The molecule has 4 nitrogen and oxygen atoms in total. The molecule has 1 aromatic heterocycles. The van der Waals surface area contributed by atoms with Crippen LogP contribution in [0.4, 0.5) is 11.4 Å². The van der Waals surface area contributed by atoms with Gasteiger partial charge in [0.1, 0.15) is 6.17 Å². The SMILES string of the molecule is O=C1c2ccc3ncccc3c2NC(c2ccc(Br)cc2)N1c1ccccc1. The molecule has 1 atom stereocenters. The first-order valence-electron chi connectivity index (χ1n) is 9.01. The Kier molecular flexibility index (Phi) is 4.10. The zero-order valence-corrected chi connectivity index (χ0v) is 16.4. The lowest BCUT2D eigenvalue weighted by molar-refractivity contribution is 0.0975. The fourth-order valence-corrected chi connectivity index (χ4v) is 3.93. The van der Waals surface area contributed by atoms with Crippen LogP contribution in [0.2, 0.25) is 0 Å². The van der Waals surface area contributed by atoms with Gasteiger partial charge in [-0.25, -0.2) is 0 Å². The highest BCUT2D eigenvalue weighted by Gasteiger charge is 2.35. The Morgan fingerprint density at radius 2 is 1.68 bits per heavy atom. The highest BCUT2D eigenvalue weighted by molar-refractivity contribution is 9.10. The van der Waals surface area contributed by atoms with Gasteiger partial charge in [0, 0.05) is 21.7 Å². The number of benzene rings is 3. The van der Waals surface area contributed by atoms with Crippen molar-refractivity contribution in [2.75, 3.05) is 10.2 Å². The van der Waals surface area contributed by atoms with E-state index in [2.05, 4.69) is 26.2 Å². The summed E-state index contributed by atoms with van der Waals surface area (Å²) in [6.45, 7) is 0. The average molecular weight is 430 g/mol. The third kappa shape index (κ3) is 2.75. The van der Waals surface area contributed by atoms with Crippen LogP contribution in [-0.4, -0.2) is 10.9 Å². The van der Waals surface area contributed by atoms with E-state index in [-0.39, 0.29) is 12.1 Å². The van der Waals surface area contributed by atoms with Crippen LogP contribution in [0.5, 0.6) is 0 Å². The molecule has 28 heavy (non-hydrogen) atoms. The van der Waals surface area contributed by atoms with Crippen molar-refractivity contribution in [1.82, 2.24) is 4.98 Å². The Labute approximate surface area is 171 Å². The van der Waals surface area contributed by atoms with Gasteiger partial charge < -0.3 is 5.32 Å². The van der Waals surface area contributed by atoms with Crippen molar-refractivity contribution in [3.63, 3.8) is 0 Å². The molecule has 5 rings (SSSR count). The van der Waals surface area contributed by atoms with Gasteiger partial charge in [-0.05, 0) is 54.1 Å². The lowest BCUT2D eigenvalue weighted by atomic mass is 9.99. The van der Waals surface area contributed by atoms with E-state index in [4.69, 9.17) is 0 Å². The van der Waals surface area contributed by atoms with Crippen LogP contribution in [0.3, 0.4) is 0 Å². The van der Waals surface area contributed by atoms with E-state index in [0.29, 0.717) is 5.56 Å². The molecule has 136 valence electrons. The lowest BCUT2D eigenvalue weighted by Gasteiger charge is -2.38. The predicted molar refractivity (Wildman–Crippen MR) is 116 cm³/mol. The highest BCUT2D eigenvalue weighted by Crippen LogP contribution is 2.39. The maximum Gasteiger partial charge on any atom is 0.262 e. The van der Waals surface area contributed by atoms with Crippen molar-refractivity contribution in [2.24, 2.45) is 0 Å². The lowest BCUT2D eigenvalue weighted by Crippen LogP contribution is -2.43. The fourth-order valence-electron chi connectivity index (χ4n) is 3.67. The van der Waals surface area contributed by atoms with Crippen LogP contribution in [0, 0.1) is 0 Å². The molecule has 4 aromatic rings. The summed E-state index contributed by atoms with van der Waals surface area (Å²) in [7, 11) is 0. The molecule has 1 unspecified atom stereocenters. The summed E-state index contributed by atoms with van der Waals surface area (Å²) in [5.41, 5.74) is 4.20. The van der Waals surface area contributed by atoms with Gasteiger partial charge in [-0.1, -0.05) is 46.3 Å². The molecule has 0 saturated carbocycles. The van der Waals surface area contributed by atoms with Gasteiger partial charge in [-0.3, -0.25) is 14.7 Å². The van der Waals surface area contributed by atoms with Crippen molar-refractivity contribution in [2.45, 2.75) is 6.17 Å². The molecular formula is C23H16BrN3O. The number of aromatic nitrogens is 1. The van der Waals surface area contributed by atoms with Crippen molar-refractivity contribution in [1.29, 1.82) is 0 Å². The molecule has 0 saturated heterocycles. The van der Waals surface area contributed by atoms with Crippen molar-refractivity contribution < 1.29 is 4.79 Å². The molecule has 1 aliphatic rings. The van der Waals surface area contributed by atoms with Gasteiger partial charge in [0.05, 0.1) is 16.8 Å². The minimum absolute atomic E-state index is 0.0291. The number of para-hydroxylation sites is 1. The Morgan fingerprint density at radius 1 is 0.893 bits per heavy atom. The first-order chi connectivity index (χ1) is 13.7. The number of hydrogen-bond acceptors (Lipinski definition) is 3. The summed E-state index contributed by atoms with van der Waals surface area (Å²) in [5, 5.41) is 4.55. The molecule has 1 N–H and O–H groups in total. The van der Waals surface area contributed by atoms with E-state index < -0.39 is 0 Å². The molecule has 3 aromatic carbocycles. The molecule has 0 aliphatic carbocycles. The number of halogens is 1. The van der Waals surface area contributed by atoms with Crippen LogP contribution in [-0.2, 0) is 0 Å². The number of nitrogens with one attached hydrogen (secondary N) is 1. The third-order valence-corrected chi connectivity index (χ3v) is 5.52. The number of pyridine rings is 1. The van der Waals surface area contributed by atoms with Gasteiger partial charge in [-0.15, -0.1) is 0 Å². The van der Waals surface area contributed by atoms with E-state index in [1.165, 1.54) is 0 Å². The maximum atomic E-state index is 13.6. The van der Waals surface area contributed by atoms with Gasteiger partial charge in [0.15, 0.2) is 0 Å². The smallest absolute Gasteiger partial charge is 0.262 e. The van der Waals surface area contributed by atoms with E-state index in [9.17, 15) is 4.79 Å². The van der Waals surface area contributed by atoms with Gasteiger partial charge >= 0.3 is 0 Å². The number of carbonyl (C=O) groups excluding carboxylic acids is 1. The van der Waals surface area contributed by atoms with Crippen molar-refractivity contribution in [3.05, 3.63) is 101 Å². The number of carbonyl (C=O) groups is 1. The molecule has 0 spiro atoms. The standard InChI is InChI=1S/C23H16BrN3O/c24-16-10-8-15(9-11-16)22-26-21-18-7-4-14-25-20(18)13-12-19(21)23(28)27(22)17-5-2-1-3-6-17/h1-14,22,26H. The largest absolute Gasteiger partial charge is 0.360 e. The summed E-state index contributed by atoms with van der Waals surface area (Å²) in [4.78, 5) is 19.8. The summed E-state index contributed by atoms with van der Waals surface area (Å²) in [5.74, 6) is -0.0291. The first kappa shape index (κ1) is 17.0. The second-order valence-corrected chi connectivity index (χ2v) is 7.58. The van der Waals surface area contributed by atoms with E-state index in [1.54, 1.807) is 6.20 Å². The molecule has 5 heteroatoms. The van der Waals surface area contributed by atoms with Crippen LogP contribution >= 0.6 is 15.9 Å². The second kappa shape index (κ2) is 6.77. The summed E-state index contributed by atoms with van der Waals surface area (Å²) >= 11 is 3.49. The molecule has 1 amide bonds. The number of anilines is 2. The topological polar surface area (TPSA) is 45.2 Å². The summed E-state index contributed by atoms with van der Waals surface area (Å²) in [6, 6.07) is 25.4. The van der Waals surface area contributed by atoms with E-state index >= 15 is 0 Å². The zero-order valence-electron chi connectivity index (χ0n) is 14.8. The van der Waals surface area contributed by atoms with Gasteiger partial charge in [-0.2, -0.15) is 0 Å². The molecular weight excluding hydrogens is 414 g/mol. The zero-order chi connectivity index (χ0) is 19.1. The number of amides is 1. The first-order valence-corrected chi connectivity index (χ1v) is 9.80. The number of rotatable bonds is 2. The molecule has 0 bridgehead atoms. The second-order valence-electron chi connectivity index (χ2n) is 6.67. The predicted octanol–water partition coefficient (Wildman–Crippen LogP) is 5.77. The molecule has 0 radical (unpaired) electrons. The van der Waals surface area contributed by atoms with Crippen molar-refractivity contribution >= 4 is 44.1 Å². The molecule has 1 aliphatic heterocycles. The Hall–Kier alpha value is -3.18. The van der Waals surface area contributed by atoms with Crippen LogP contribution < -0.4 is 10.2 Å². The van der Waals surface area contributed by atoms with Crippen LogP contribution in [0.15, 0.2) is 89.5 Å². The minimum atomic E-state index is -0.318. The number of fused-ring (bicyclic) bond motifs is 3. The monoisotopic (exact) mass is 429 g/mol.